The molecule has 6 heteroatoms. The van der Waals surface area contributed by atoms with Crippen molar-refractivity contribution in [3.8, 4) is 6.07 Å². The summed E-state index contributed by atoms with van der Waals surface area (Å²) in [7, 11) is 0. The molecule has 96 valence electrons. The molecule has 1 aromatic rings. The molecule has 0 spiro atoms. The maximum atomic E-state index is 11.1. The van der Waals surface area contributed by atoms with Crippen molar-refractivity contribution in [2.75, 3.05) is 5.32 Å². The van der Waals surface area contributed by atoms with Crippen LogP contribution in [0.15, 0.2) is 6.07 Å². The highest BCUT2D eigenvalue weighted by atomic mass is 16.4. The lowest BCUT2D eigenvalue weighted by atomic mass is 10.1. The van der Waals surface area contributed by atoms with Crippen LogP contribution in [-0.2, 0) is 4.79 Å². The number of carboxylic acids is 1. The molecule has 0 aliphatic rings. The predicted octanol–water partition coefficient (Wildman–Crippen LogP) is 1.71. The van der Waals surface area contributed by atoms with E-state index in [1.165, 1.54) is 0 Å². The Hall–Kier alpha value is -2.16. The molecule has 1 aromatic heterocycles. The molecule has 0 aromatic carbocycles. The second-order valence-corrected chi connectivity index (χ2v) is 4.01. The average molecular weight is 248 g/mol. The Kier molecular flexibility index (Phi) is 5.06. The van der Waals surface area contributed by atoms with Gasteiger partial charge in [-0.2, -0.15) is 5.26 Å². The van der Waals surface area contributed by atoms with E-state index in [0.29, 0.717) is 12.1 Å². The first-order chi connectivity index (χ1) is 8.56. The SMILES string of the molecule is CCCCC(Nc1nc(C)cc(C#N)n1)C(=O)O. The van der Waals surface area contributed by atoms with Gasteiger partial charge in [-0.15, -0.1) is 0 Å². The molecule has 0 radical (unpaired) electrons. The van der Waals surface area contributed by atoms with Gasteiger partial charge in [-0.25, -0.2) is 14.8 Å². The maximum Gasteiger partial charge on any atom is 0.326 e. The summed E-state index contributed by atoms with van der Waals surface area (Å²) in [5.41, 5.74) is 0.855. The van der Waals surface area contributed by atoms with Crippen molar-refractivity contribution in [1.29, 1.82) is 5.26 Å². The molecular formula is C12H16N4O2. The van der Waals surface area contributed by atoms with E-state index in [4.69, 9.17) is 10.4 Å². The topological polar surface area (TPSA) is 98.9 Å². The summed E-state index contributed by atoms with van der Waals surface area (Å²) in [6, 6.07) is 2.74. The van der Waals surface area contributed by atoms with E-state index in [-0.39, 0.29) is 11.6 Å². The van der Waals surface area contributed by atoms with E-state index < -0.39 is 12.0 Å². The first-order valence-electron chi connectivity index (χ1n) is 5.82. The number of nitrogens with zero attached hydrogens (tertiary/aromatic N) is 3. The van der Waals surface area contributed by atoms with Crippen molar-refractivity contribution in [3.63, 3.8) is 0 Å². The minimum Gasteiger partial charge on any atom is -0.480 e. The number of rotatable bonds is 6. The zero-order chi connectivity index (χ0) is 13.5. The molecule has 2 N–H and O–H groups in total. The lowest BCUT2D eigenvalue weighted by Gasteiger charge is -2.14. The largest absolute Gasteiger partial charge is 0.480 e. The van der Waals surface area contributed by atoms with E-state index >= 15 is 0 Å². The number of aromatic nitrogens is 2. The van der Waals surface area contributed by atoms with Gasteiger partial charge in [-0.3, -0.25) is 0 Å². The van der Waals surface area contributed by atoms with Gasteiger partial charge in [0.15, 0.2) is 0 Å². The number of aliphatic carboxylic acids is 1. The number of nitrogens with one attached hydrogen (secondary N) is 1. The third-order valence-corrected chi connectivity index (χ3v) is 2.42. The molecule has 0 fully saturated rings. The van der Waals surface area contributed by atoms with Crippen LogP contribution in [0.5, 0.6) is 0 Å². The zero-order valence-corrected chi connectivity index (χ0v) is 10.5. The van der Waals surface area contributed by atoms with Crippen molar-refractivity contribution in [2.24, 2.45) is 0 Å². The lowest BCUT2D eigenvalue weighted by molar-refractivity contribution is -0.138. The van der Waals surface area contributed by atoms with Crippen LogP contribution >= 0.6 is 0 Å². The smallest absolute Gasteiger partial charge is 0.326 e. The minimum absolute atomic E-state index is 0.190. The van der Waals surface area contributed by atoms with Crippen molar-refractivity contribution in [1.82, 2.24) is 9.97 Å². The summed E-state index contributed by atoms with van der Waals surface area (Å²) >= 11 is 0. The Morgan fingerprint density at radius 2 is 2.33 bits per heavy atom. The van der Waals surface area contributed by atoms with E-state index in [2.05, 4.69) is 15.3 Å². The van der Waals surface area contributed by atoms with Gasteiger partial charge in [0.05, 0.1) is 0 Å². The molecule has 18 heavy (non-hydrogen) atoms. The highest BCUT2D eigenvalue weighted by molar-refractivity contribution is 5.76. The number of aryl methyl sites for hydroxylation is 1. The third-order valence-electron chi connectivity index (χ3n) is 2.42. The van der Waals surface area contributed by atoms with Crippen LogP contribution in [0.2, 0.25) is 0 Å². The second kappa shape index (κ2) is 6.55. The molecule has 1 rings (SSSR count). The van der Waals surface area contributed by atoms with Crippen LogP contribution < -0.4 is 5.32 Å². The molecule has 1 unspecified atom stereocenters. The van der Waals surface area contributed by atoms with Gasteiger partial charge in [0, 0.05) is 5.69 Å². The molecule has 1 heterocycles. The van der Waals surface area contributed by atoms with Crippen LogP contribution in [0.3, 0.4) is 0 Å². The fourth-order valence-corrected chi connectivity index (χ4v) is 1.51. The average Bonchev–Trinajstić information content (AvgIpc) is 2.33. The van der Waals surface area contributed by atoms with Gasteiger partial charge in [0.1, 0.15) is 17.8 Å². The van der Waals surface area contributed by atoms with Crippen molar-refractivity contribution in [2.45, 2.75) is 39.2 Å². The summed E-state index contributed by atoms with van der Waals surface area (Å²) in [5.74, 6) is -0.748. The number of hydrogen-bond acceptors (Lipinski definition) is 5. The molecule has 0 aliphatic carbocycles. The number of unbranched alkanes of at least 4 members (excludes halogenated alkanes) is 1. The van der Waals surface area contributed by atoms with Crippen LogP contribution in [-0.4, -0.2) is 27.1 Å². The normalized spacial score (nSPS) is 11.6. The third kappa shape index (κ3) is 4.01. The fraction of sp³-hybridized carbons (Fsp3) is 0.500. The predicted molar refractivity (Wildman–Crippen MR) is 66.1 cm³/mol. The van der Waals surface area contributed by atoms with Gasteiger partial charge < -0.3 is 10.4 Å². The Morgan fingerprint density at radius 3 is 2.89 bits per heavy atom. The van der Waals surface area contributed by atoms with Crippen LogP contribution in [0, 0.1) is 18.3 Å². The van der Waals surface area contributed by atoms with Gasteiger partial charge in [-0.1, -0.05) is 19.8 Å². The Balaban J connectivity index is 2.83. The summed E-state index contributed by atoms with van der Waals surface area (Å²) in [6.07, 6.45) is 2.23. The van der Waals surface area contributed by atoms with Crippen LogP contribution in [0.4, 0.5) is 5.95 Å². The van der Waals surface area contributed by atoms with Crippen LogP contribution in [0.25, 0.3) is 0 Å². The van der Waals surface area contributed by atoms with Crippen molar-refractivity contribution >= 4 is 11.9 Å². The molecule has 0 saturated heterocycles. The van der Waals surface area contributed by atoms with E-state index in [0.717, 1.165) is 12.8 Å². The molecule has 0 amide bonds. The van der Waals surface area contributed by atoms with E-state index in [1.54, 1.807) is 13.0 Å². The Labute approximate surface area is 106 Å². The van der Waals surface area contributed by atoms with E-state index in [9.17, 15) is 4.79 Å². The summed E-state index contributed by atoms with van der Waals surface area (Å²) in [5, 5.41) is 20.6. The van der Waals surface area contributed by atoms with Crippen molar-refractivity contribution < 1.29 is 9.90 Å². The zero-order valence-electron chi connectivity index (χ0n) is 10.5. The van der Waals surface area contributed by atoms with Crippen LogP contribution in [0.1, 0.15) is 37.6 Å². The molecule has 0 saturated carbocycles. The first-order valence-corrected chi connectivity index (χ1v) is 5.82. The second-order valence-electron chi connectivity index (χ2n) is 4.01. The highest BCUT2D eigenvalue weighted by Gasteiger charge is 2.17. The molecule has 0 bridgehead atoms. The van der Waals surface area contributed by atoms with Gasteiger partial charge in [0.25, 0.3) is 0 Å². The number of hydrogen-bond donors (Lipinski definition) is 2. The summed E-state index contributed by atoms with van der Waals surface area (Å²) in [4.78, 5) is 19.1. The Bertz CT molecular complexity index is 468. The van der Waals surface area contributed by atoms with Crippen molar-refractivity contribution in [3.05, 3.63) is 17.5 Å². The maximum absolute atomic E-state index is 11.1. The quantitative estimate of drug-likeness (QED) is 0.795. The summed E-state index contributed by atoms with van der Waals surface area (Å²) < 4.78 is 0. The first kappa shape index (κ1) is 13.9. The minimum atomic E-state index is -0.938. The lowest BCUT2D eigenvalue weighted by Crippen LogP contribution is -2.30. The number of carboxylic acid groups (broad SMARTS) is 1. The molecule has 1 atom stereocenters. The van der Waals surface area contributed by atoms with Gasteiger partial charge in [-0.05, 0) is 19.4 Å². The molecular weight excluding hydrogens is 232 g/mol. The van der Waals surface area contributed by atoms with Gasteiger partial charge in [0.2, 0.25) is 5.95 Å². The molecule has 0 aliphatic heterocycles. The molecule has 6 nitrogen and oxygen atoms in total. The van der Waals surface area contributed by atoms with E-state index in [1.807, 2.05) is 13.0 Å². The number of nitriles is 1. The Morgan fingerprint density at radius 1 is 1.61 bits per heavy atom. The fourth-order valence-electron chi connectivity index (χ4n) is 1.51. The number of anilines is 1. The monoisotopic (exact) mass is 248 g/mol. The summed E-state index contributed by atoms with van der Waals surface area (Å²) in [6.45, 7) is 3.73. The van der Waals surface area contributed by atoms with Gasteiger partial charge >= 0.3 is 5.97 Å². The standard InChI is InChI=1S/C12H16N4O2/c1-3-4-5-10(11(17)18)16-12-14-8(2)6-9(7-13)15-12/h6,10H,3-5H2,1-2H3,(H,17,18)(H,14,15,16). The highest BCUT2D eigenvalue weighted by Crippen LogP contribution is 2.09. The number of carbonyl (C=O) groups is 1.